The molecule has 1 aliphatic heterocycles. The molecule has 0 bridgehead atoms. The van der Waals surface area contributed by atoms with Gasteiger partial charge in [0.1, 0.15) is 6.61 Å². The fourth-order valence-electron chi connectivity index (χ4n) is 2.00. The fourth-order valence-corrected chi connectivity index (χ4v) is 2.00. The van der Waals surface area contributed by atoms with Crippen molar-refractivity contribution in [3.8, 4) is 0 Å². The van der Waals surface area contributed by atoms with Gasteiger partial charge in [0, 0.05) is 25.9 Å². The molecule has 1 heterocycles. The summed E-state index contributed by atoms with van der Waals surface area (Å²) < 4.78 is 10.3. The minimum Gasteiger partial charge on any atom is -0.447 e. The second-order valence-electron chi connectivity index (χ2n) is 5.50. The van der Waals surface area contributed by atoms with Crippen LogP contribution in [0.3, 0.4) is 0 Å². The molecule has 110 valence electrons. The first-order chi connectivity index (χ1) is 9.52. The van der Waals surface area contributed by atoms with Crippen molar-refractivity contribution < 1.29 is 14.3 Å². The maximum atomic E-state index is 11.5. The van der Waals surface area contributed by atoms with Gasteiger partial charge in [0.25, 0.3) is 0 Å². The van der Waals surface area contributed by atoms with Crippen LogP contribution in [0.4, 0.5) is 10.5 Å². The lowest BCUT2D eigenvalue weighted by Crippen LogP contribution is -2.36. The maximum absolute atomic E-state index is 11.5. The summed E-state index contributed by atoms with van der Waals surface area (Å²) >= 11 is 0. The average molecular weight is 278 g/mol. The smallest absolute Gasteiger partial charge is 0.414 e. The number of nitrogens with zero attached hydrogens (tertiary/aromatic N) is 1. The number of ether oxygens (including phenoxy) is 2. The van der Waals surface area contributed by atoms with Gasteiger partial charge in [0.15, 0.2) is 0 Å². The lowest BCUT2D eigenvalue weighted by atomic mass is 10.1. The molecule has 1 aliphatic rings. The number of hydrogen-bond donors (Lipinski definition) is 1. The highest BCUT2D eigenvalue weighted by atomic mass is 16.6. The zero-order valence-corrected chi connectivity index (χ0v) is 12.3. The van der Waals surface area contributed by atoms with Gasteiger partial charge in [0.05, 0.1) is 12.1 Å². The Kier molecular flexibility index (Phi) is 4.62. The Morgan fingerprint density at radius 2 is 2.05 bits per heavy atom. The van der Waals surface area contributed by atoms with Gasteiger partial charge in [-0.1, -0.05) is 12.1 Å². The van der Waals surface area contributed by atoms with E-state index in [1.165, 1.54) is 5.56 Å². The van der Waals surface area contributed by atoms with Crippen LogP contribution >= 0.6 is 0 Å². The van der Waals surface area contributed by atoms with Crippen molar-refractivity contribution >= 4 is 11.8 Å². The van der Waals surface area contributed by atoms with E-state index in [4.69, 9.17) is 9.47 Å². The van der Waals surface area contributed by atoms with Crippen molar-refractivity contribution in [2.75, 3.05) is 31.7 Å². The van der Waals surface area contributed by atoms with Crippen LogP contribution in [0.1, 0.15) is 19.4 Å². The van der Waals surface area contributed by atoms with E-state index in [1.807, 2.05) is 38.1 Å². The number of carbonyl (C=O) groups excluding carboxylic acids is 1. The molecule has 0 atom stereocenters. The predicted molar refractivity (Wildman–Crippen MR) is 77.9 cm³/mol. The number of anilines is 1. The summed E-state index contributed by atoms with van der Waals surface area (Å²) in [6.45, 7) is 6.73. The monoisotopic (exact) mass is 278 g/mol. The highest BCUT2D eigenvalue weighted by molar-refractivity contribution is 5.89. The number of methoxy groups -OCH3 is 1. The molecule has 5 nitrogen and oxygen atoms in total. The molecule has 1 fully saturated rings. The van der Waals surface area contributed by atoms with E-state index >= 15 is 0 Å². The summed E-state index contributed by atoms with van der Waals surface area (Å²) in [5.41, 5.74) is 1.89. The minimum atomic E-state index is -0.266. The number of rotatable bonds is 6. The Labute approximate surface area is 119 Å². The van der Waals surface area contributed by atoms with E-state index in [1.54, 1.807) is 12.0 Å². The molecule has 0 aliphatic carbocycles. The molecule has 2 rings (SSSR count). The van der Waals surface area contributed by atoms with Gasteiger partial charge in [-0.25, -0.2) is 4.79 Å². The van der Waals surface area contributed by atoms with Gasteiger partial charge >= 0.3 is 6.09 Å². The minimum absolute atomic E-state index is 0.167. The Bertz CT molecular complexity index is 457. The lowest BCUT2D eigenvalue weighted by molar-refractivity contribution is 0.0230. The molecule has 0 saturated carbocycles. The molecule has 0 spiro atoms. The topological polar surface area (TPSA) is 50.8 Å². The van der Waals surface area contributed by atoms with Crippen LogP contribution in [-0.2, 0) is 16.0 Å². The molecular formula is C15H22N2O3. The molecule has 1 N–H and O–H groups in total. The first-order valence-corrected chi connectivity index (χ1v) is 6.81. The van der Waals surface area contributed by atoms with Crippen LogP contribution in [-0.4, -0.2) is 38.5 Å². The molecule has 0 unspecified atom stereocenters. The van der Waals surface area contributed by atoms with E-state index < -0.39 is 0 Å². The van der Waals surface area contributed by atoms with Crippen molar-refractivity contribution in [1.82, 2.24) is 5.32 Å². The largest absolute Gasteiger partial charge is 0.447 e. The van der Waals surface area contributed by atoms with Crippen molar-refractivity contribution in [2.45, 2.75) is 26.0 Å². The molecule has 5 heteroatoms. The van der Waals surface area contributed by atoms with Gasteiger partial charge in [-0.2, -0.15) is 0 Å². The van der Waals surface area contributed by atoms with Gasteiger partial charge in [-0.05, 0) is 31.5 Å². The first kappa shape index (κ1) is 14.8. The molecule has 0 radical (unpaired) electrons. The van der Waals surface area contributed by atoms with Crippen molar-refractivity contribution in [1.29, 1.82) is 0 Å². The molecule has 1 aromatic rings. The van der Waals surface area contributed by atoms with Gasteiger partial charge in [-0.15, -0.1) is 0 Å². The van der Waals surface area contributed by atoms with Crippen LogP contribution in [0.2, 0.25) is 0 Å². The number of benzene rings is 1. The van der Waals surface area contributed by atoms with Crippen LogP contribution in [0.15, 0.2) is 24.3 Å². The maximum Gasteiger partial charge on any atom is 0.414 e. The Balaban J connectivity index is 1.87. The normalized spacial score (nSPS) is 15.6. The SMILES string of the molecule is COC(C)(C)CNCc1ccc(N2CCOC2=O)cc1. The summed E-state index contributed by atoms with van der Waals surface area (Å²) in [7, 11) is 1.71. The van der Waals surface area contributed by atoms with Crippen molar-refractivity contribution in [3.63, 3.8) is 0 Å². The highest BCUT2D eigenvalue weighted by Gasteiger charge is 2.23. The second kappa shape index (κ2) is 6.24. The summed E-state index contributed by atoms with van der Waals surface area (Å²) in [4.78, 5) is 13.1. The Morgan fingerprint density at radius 3 is 2.60 bits per heavy atom. The standard InChI is InChI=1S/C15H22N2O3/c1-15(2,19-3)11-16-10-12-4-6-13(7-5-12)17-8-9-20-14(17)18/h4-7,16H,8-11H2,1-3H3. The Hall–Kier alpha value is -1.59. The number of amides is 1. The van der Waals surface area contributed by atoms with Crippen molar-refractivity contribution in [2.24, 2.45) is 0 Å². The molecule has 1 aromatic carbocycles. The predicted octanol–water partition coefficient (Wildman–Crippen LogP) is 2.16. The van der Waals surface area contributed by atoms with Crippen LogP contribution in [0.5, 0.6) is 0 Å². The number of hydrogen-bond acceptors (Lipinski definition) is 4. The highest BCUT2D eigenvalue weighted by Crippen LogP contribution is 2.19. The molecule has 20 heavy (non-hydrogen) atoms. The number of nitrogens with one attached hydrogen (secondary N) is 1. The van der Waals surface area contributed by atoms with E-state index in [0.717, 1.165) is 18.8 Å². The first-order valence-electron chi connectivity index (χ1n) is 6.81. The van der Waals surface area contributed by atoms with E-state index in [0.29, 0.717) is 13.2 Å². The Morgan fingerprint density at radius 1 is 1.35 bits per heavy atom. The second-order valence-corrected chi connectivity index (χ2v) is 5.50. The zero-order valence-electron chi connectivity index (χ0n) is 12.3. The number of cyclic esters (lactones) is 1. The van der Waals surface area contributed by atoms with Crippen LogP contribution in [0, 0.1) is 0 Å². The van der Waals surface area contributed by atoms with Crippen molar-refractivity contribution in [3.05, 3.63) is 29.8 Å². The van der Waals surface area contributed by atoms with Crippen LogP contribution in [0.25, 0.3) is 0 Å². The third-order valence-corrected chi connectivity index (χ3v) is 3.44. The third kappa shape index (κ3) is 3.71. The molecule has 0 aromatic heterocycles. The molecule has 1 saturated heterocycles. The third-order valence-electron chi connectivity index (χ3n) is 3.44. The van der Waals surface area contributed by atoms with E-state index in [9.17, 15) is 4.79 Å². The summed E-state index contributed by atoms with van der Waals surface area (Å²) in [6.07, 6.45) is -0.266. The molecule has 1 amide bonds. The fraction of sp³-hybridized carbons (Fsp3) is 0.533. The summed E-state index contributed by atoms with van der Waals surface area (Å²) in [5.74, 6) is 0. The van der Waals surface area contributed by atoms with Gasteiger partial charge in [-0.3, -0.25) is 4.90 Å². The lowest BCUT2D eigenvalue weighted by Gasteiger charge is -2.23. The van der Waals surface area contributed by atoms with E-state index in [2.05, 4.69) is 5.32 Å². The summed E-state index contributed by atoms with van der Waals surface area (Å²) in [6, 6.07) is 7.94. The van der Waals surface area contributed by atoms with E-state index in [-0.39, 0.29) is 11.7 Å². The van der Waals surface area contributed by atoms with Gasteiger partial charge in [0.2, 0.25) is 0 Å². The summed E-state index contributed by atoms with van der Waals surface area (Å²) in [5, 5.41) is 3.36. The average Bonchev–Trinajstić information content (AvgIpc) is 2.86. The number of carbonyl (C=O) groups is 1. The quantitative estimate of drug-likeness (QED) is 0.866. The van der Waals surface area contributed by atoms with Gasteiger partial charge < -0.3 is 14.8 Å². The molecular weight excluding hydrogens is 256 g/mol. The zero-order chi connectivity index (χ0) is 14.6. The van der Waals surface area contributed by atoms with Crippen LogP contribution < -0.4 is 10.2 Å².